The fraction of sp³-hybridized carbons (Fsp3) is 0.235. The Morgan fingerprint density at radius 3 is 2.48 bits per heavy atom. The molecule has 0 heterocycles. The van der Waals surface area contributed by atoms with E-state index >= 15 is 0 Å². The molecule has 0 bridgehead atoms. The van der Waals surface area contributed by atoms with Crippen LogP contribution in [-0.4, -0.2) is 37.3 Å². The summed E-state index contributed by atoms with van der Waals surface area (Å²) >= 11 is 5.82. The van der Waals surface area contributed by atoms with Gasteiger partial charge in [-0.3, -0.25) is 4.79 Å². The molecule has 2 rings (SSSR count). The maximum atomic E-state index is 12.6. The lowest BCUT2D eigenvalue weighted by Gasteiger charge is -2.18. The zero-order chi connectivity index (χ0) is 18.8. The summed E-state index contributed by atoms with van der Waals surface area (Å²) in [6.45, 7) is 3.31. The molecule has 0 radical (unpaired) electrons. The molecule has 0 fully saturated rings. The summed E-state index contributed by atoms with van der Waals surface area (Å²) in [5.41, 5.74) is 1.95. The number of hydrogen-bond acceptors (Lipinski definition) is 4. The van der Waals surface area contributed by atoms with Crippen molar-refractivity contribution in [2.45, 2.75) is 18.7 Å². The van der Waals surface area contributed by atoms with Crippen molar-refractivity contribution in [1.82, 2.24) is 4.31 Å². The molecule has 0 aliphatic heterocycles. The Morgan fingerprint density at radius 2 is 1.84 bits per heavy atom. The van der Waals surface area contributed by atoms with Crippen LogP contribution in [-0.2, 0) is 14.8 Å². The Bertz CT molecular complexity index is 913. The maximum Gasteiger partial charge on any atom is 0.243 e. The molecule has 2 aromatic carbocycles. The van der Waals surface area contributed by atoms with Crippen molar-refractivity contribution in [3.8, 4) is 5.75 Å². The Labute approximate surface area is 152 Å². The van der Waals surface area contributed by atoms with E-state index in [1.165, 1.54) is 31.3 Å². The van der Waals surface area contributed by atoms with Crippen molar-refractivity contribution in [3.05, 3.63) is 52.5 Å². The van der Waals surface area contributed by atoms with Crippen molar-refractivity contribution >= 4 is 33.2 Å². The number of sulfonamides is 1. The average molecular weight is 383 g/mol. The van der Waals surface area contributed by atoms with Crippen molar-refractivity contribution < 1.29 is 18.3 Å². The summed E-state index contributed by atoms with van der Waals surface area (Å²) in [4.78, 5) is 12.2. The minimum atomic E-state index is -3.80. The number of nitrogens with one attached hydrogen (secondary N) is 1. The second kappa shape index (κ2) is 7.43. The normalized spacial score (nSPS) is 11.6. The molecule has 0 aliphatic rings. The molecule has 2 aromatic rings. The number of carbonyl (C=O) groups is 1. The van der Waals surface area contributed by atoms with Crippen molar-refractivity contribution in [1.29, 1.82) is 0 Å². The van der Waals surface area contributed by atoms with Crippen LogP contribution in [0.2, 0.25) is 5.02 Å². The van der Waals surface area contributed by atoms with Gasteiger partial charge in [0, 0.05) is 12.1 Å². The predicted molar refractivity (Wildman–Crippen MR) is 97.5 cm³/mol. The molecule has 0 saturated carbocycles. The fourth-order valence-electron chi connectivity index (χ4n) is 2.14. The van der Waals surface area contributed by atoms with Crippen molar-refractivity contribution in [2.75, 3.05) is 18.9 Å². The van der Waals surface area contributed by atoms with E-state index in [0.29, 0.717) is 5.02 Å². The van der Waals surface area contributed by atoms with Crippen LogP contribution in [0.25, 0.3) is 0 Å². The molecule has 0 spiro atoms. The summed E-state index contributed by atoms with van der Waals surface area (Å²) in [7, 11) is -2.48. The van der Waals surface area contributed by atoms with Gasteiger partial charge in [-0.1, -0.05) is 17.7 Å². The number of phenols is 1. The second-order valence-electron chi connectivity index (χ2n) is 5.72. The van der Waals surface area contributed by atoms with E-state index < -0.39 is 22.5 Å². The number of halogens is 1. The third kappa shape index (κ3) is 4.50. The average Bonchev–Trinajstić information content (AvgIpc) is 2.53. The number of nitrogens with zero attached hydrogens (tertiary/aromatic N) is 1. The van der Waals surface area contributed by atoms with Gasteiger partial charge in [0.2, 0.25) is 15.9 Å². The Hall–Kier alpha value is -2.09. The lowest BCUT2D eigenvalue weighted by atomic mass is 10.1. The first kappa shape index (κ1) is 19.2. The zero-order valence-corrected chi connectivity index (χ0v) is 15.6. The summed E-state index contributed by atoms with van der Waals surface area (Å²) < 4.78 is 26.1. The van der Waals surface area contributed by atoms with Gasteiger partial charge in [0.25, 0.3) is 0 Å². The molecule has 0 unspecified atom stereocenters. The number of benzene rings is 2. The zero-order valence-electron chi connectivity index (χ0n) is 14.1. The highest BCUT2D eigenvalue weighted by atomic mass is 35.5. The number of phenolic OH excluding ortho intramolecular Hbond substituents is 1. The largest absolute Gasteiger partial charge is 0.506 e. The van der Waals surface area contributed by atoms with Crippen LogP contribution in [0, 0.1) is 13.8 Å². The Morgan fingerprint density at radius 1 is 1.16 bits per heavy atom. The molecule has 25 heavy (non-hydrogen) atoms. The van der Waals surface area contributed by atoms with Gasteiger partial charge in [0.15, 0.2) is 0 Å². The number of rotatable bonds is 5. The molecule has 2 N–H and O–H groups in total. The van der Waals surface area contributed by atoms with Crippen LogP contribution in [0.3, 0.4) is 0 Å². The van der Waals surface area contributed by atoms with Gasteiger partial charge in [-0.15, -0.1) is 0 Å². The first-order chi connectivity index (χ1) is 11.6. The number of carbonyl (C=O) groups excluding carboxylic acids is 1. The van der Waals surface area contributed by atoms with Gasteiger partial charge in [-0.25, -0.2) is 8.42 Å². The monoisotopic (exact) mass is 382 g/mol. The molecule has 1 amide bonds. The Kier molecular flexibility index (Phi) is 5.72. The lowest BCUT2D eigenvalue weighted by Crippen LogP contribution is -2.35. The molecular formula is C17H19ClN2O4S. The van der Waals surface area contributed by atoms with Crippen LogP contribution in [0.4, 0.5) is 5.69 Å². The van der Waals surface area contributed by atoms with Crippen LogP contribution >= 0.6 is 11.6 Å². The van der Waals surface area contributed by atoms with Crippen LogP contribution < -0.4 is 5.32 Å². The number of aryl methyl sites for hydroxylation is 2. The standard InChI is InChI=1S/C17H19ClN2O4S/c1-11-4-6-14(8-12(11)2)25(23,24)20(3)10-17(22)19-15-9-13(18)5-7-16(15)21/h4-9,21H,10H2,1-3H3,(H,19,22). The molecule has 0 aliphatic carbocycles. The molecule has 6 nitrogen and oxygen atoms in total. The van der Waals surface area contributed by atoms with Gasteiger partial charge < -0.3 is 10.4 Å². The first-order valence-corrected chi connectivity index (χ1v) is 9.25. The Balaban J connectivity index is 2.14. The number of amides is 1. The van der Waals surface area contributed by atoms with Crippen LogP contribution in [0.15, 0.2) is 41.3 Å². The van der Waals surface area contributed by atoms with Crippen molar-refractivity contribution in [2.24, 2.45) is 0 Å². The molecule has 0 atom stereocenters. The van der Waals surface area contributed by atoms with Crippen LogP contribution in [0.1, 0.15) is 11.1 Å². The minimum Gasteiger partial charge on any atom is -0.506 e. The number of likely N-dealkylation sites (N-methyl/N-ethyl adjacent to an activating group) is 1. The van der Waals surface area contributed by atoms with Gasteiger partial charge in [0.05, 0.1) is 17.1 Å². The maximum absolute atomic E-state index is 12.6. The molecule has 134 valence electrons. The summed E-state index contributed by atoms with van der Waals surface area (Å²) in [6, 6.07) is 9.00. The van der Waals surface area contributed by atoms with E-state index in [1.807, 2.05) is 13.8 Å². The van der Waals surface area contributed by atoms with Gasteiger partial charge in [-0.05, 0) is 55.3 Å². The SMILES string of the molecule is Cc1ccc(S(=O)(=O)N(C)CC(=O)Nc2cc(Cl)ccc2O)cc1C. The highest BCUT2D eigenvalue weighted by Crippen LogP contribution is 2.26. The fourth-order valence-corrected chi connectivity index (χ4v) is 3.52. The molecule has 8 heteroatoms. The quantitative estimate of drug-likeness (QED) is 0.778. The highest BCUT2D eigenvalue weighted by Gasteiger charge is 2.23. The van der Waals surface area contributed by atoms with Gasteiger partial charge in [0.1, 0.15) is 5.75 Å². The van der Waals surface area contributed by atoms with Gasteiger partial charge in [-0.2, -0.15) is 4.31 Å². The molecule has 0 aromatic heterocycles. The highest BCUT2D eigenvalue weighted by molar-refractivity contribution is 7.89. The summed E-state index contributed by atoms with van der Waals surface area (Å²) in [5, 5.41) is 12.5. The number of aromatic hydroxyl groups is 1. The van der Waals surface area contributed by atoms with E-state index in [0.717, 1.165) is 15.4 Å². The van der Waals surface area contributed by atoms with E-state index in [9.17, 15) is 18.3 Å². The third-order valence-electron chi connectivity index (χ3n) is 3.79. The summed E-state index contributed by atoms with van der Waals surface area (Å²) in [6.07, 6.45) is 0. The molecular weight excluding hydrogens is 364 g/mol. The predicted octanol–water partition coefficient (Wildman–Crippen LogP) is 2.92. The summed E-state index contributed by atoms with van der Waals surface area (Å²) in [5.74, 6) is -0.745. The second-order valence-corrected chi connectivity index (χ2v) is 8.20. The van der Waals surface area contributed by atoms with E-state index in [1.54, 1.807) is 12.1 Å². The van der Waals surface area contributed by atoms with E-state index in [2.05, 4.69) is 5.32 Å². The first-order valence-electron chi connectivity index (χ1n) is 7.43. The number of anilines is 1. The lowest BCUT2D eigenvalue weighted by molar-refractivity contribution is -0.116. The number of hydrogen-bond donors (Lipinski definition) is 2. The molecule has 0 saturated heterocycles. The topological polar surface area (TPSA) is 86.7 Å². The van der Waals surface area contributed by atoms with E-state index in [4.69, 9.17) is 11.6 Å². The van der Waals surface area contributed by atoms with Crippen LogP contribution in [0.5, 0.6) is 5.75 Å². The van der Waals surface area contributed by atoms with Crippen molar-refractivity contribution in [3.63, 3.8) is 0 Å². The third-order valence-corrected chi connectivity index (χ3v) is 5.82. The van der Waals surface area contributed by atoms with Gasteiger partial charge >= 0.3 is 0 Å². The smallest absolute Gasteiger partial charge is 0.243 e. The minimum absolute atomic E-state index is 0.120. The van der Waals surface area contributed by atoms with E-state index in [-0.39, 0.29) is 16.3 Å².